The van der Waals surface area contributed by atoms with Gasteiger partial charge in [-0.25, -0.2) is 9.87 Å². The van der Waals surface area contributed by atoms with Gasteiger partial charge in [-0.1, -0.05) is 13.8 Å². The molecule has 0 aromatic heterocycles. The van der Waals surface area contributed by atoms with E-state index >= 15 is 0 Å². The van der Waals surface area contributed by atoms with Gasteiger partial charge in [0.1, 0.15) is 5.82 Å². The Morgan fingerprint density at radius 2 is 2.00 bits per heavy atom. The van der Waals surface area contributed by atoms with Crippen molar-refractivity contribution in [1.82, 2.24) is 5.48 Å². The first-order chi connectivity index (χ1) is 7.09. The average molecular weight is 211 g/mol. The van der Waals surface area contributed by atoms with Crippen LogP contribution in [-0.2, 0) is 4.84 Å². The van der Waals surface area contributed by atoms with Crippen LogP contribution in [0.5, 0.6) is 0 Å². The second-order valence-corrected chi connectivity index (χ2v) is 3.64. The number of carbonyl (C=O) groups excluding carboxylic acids is 1. The Bertz CT molecular complexity index is 322. The molecule has 15 heavy (non-hydrogen) atoms. The van der Waals surface area contributed by atoms with Crippen molar-refractivity contribution in [1.29, 1.82) is 0 Å². The van der Waals surface area contributed by atoms with Gasteiger partial charge >= 0.3 is 0 Å². The highest BCUT2D eigenvalue weighted by atomic mass is 19.1. The van der Waals surface area contributed by atoms with Gasteiger partial charge in [0.25, 0.3) is 5.91 Å². The fraction of sp³-hybridized carbons (Fsp3) is 0.364. The van der Waals surface area contributed by atoms with Crippen LogP contribution in [0, 0.1) is 11.7 Å². The molecule has 0 aliphatic heterocycles. The lowest BCUT2D eigenvalue weighted by atomic mass is 10.2. The quantitative estimate of drug-likeness (QED) is 0.775. The summed E-state index contributed by atoms with van der Waals surface area (Å²) in [5.41, 5.74) is 2.66. The first-order valence-electron chi connectivity index (χ1n) is 4.77. The van der Waals surface area contributed by atoms with Crippen LogP contribution >= 0.6 is 0 Å². The normalized spacial score (nSPS) is 10.4. The number of halogens is 1. The molecule has 0 saturated carbocycles. The molecule has 0 aliphatic rings. The fourth-order valence-electron chi connectivity index (χ4n) is 0.934. The predicted molar refractivity (Wildman–Crippen MR) is 54.7 cm³/mol. The number of benzene rings is 1. The summed E-state index contributed by atoms with van der Waals surface area (Å²) in [5, 5.41) is 0. The molecular weight excluding hydrogens is 197 g/mol. The number of rotatable bonds is 4. The average Bonchev–Trinajstić information content (AvgIpc) is 2.18. The third-order valence-electron chi connectivity index (χ3n) is 1.69. The van der Waals surface area contributed by atoms with Crippen LogP contribution in [0.1, 0.15) is 24.2 Å². The van der Waals surface area contributed by atoms with Gasteiger partial charge in [0.2, 0.25) is 0 Å². The van der Waals surface area contributed by atoms with Crippen LogP contribution in [0.2, 0.25) is 0 Å². The number of amides is 1. The molecule has 0 saturated heterocycles. The van der Waals surface area contributed by atoms with Crippen molar-refractivity contribution in [3.63, 3.8) is 0 Å². The molecule has 0 aliphatic carbocycles. The van der Waals surface area contributed by atoms with E-state index in [-0.39, 0.29) is 11.7 Å². The number of hydrogen-bond donors (Lipinski definition) is 1. The molecule has 0 heterocycles. The summed E-state index contributed by atoms with van der Waals surface area (Å²) in [5.74, 6) is -0.385. The van der Waals surface area contributed by atoms with Crippen molar-refractivity contribution < 1.29 is 14.0 Å². The summed E-state index contributed by atoms with van der Waals surface area (Å²) < 4.78 is 12.5. The Balaban J connectivity index is 2.43. The lowest BCUT2D eigenvalue weighted by Gasteiger charge is -2.07. The molecule has 0 radical (unpaired) electrons. The first-order valence-corrected chi connectivity index (χ1v) is 4.77. The van der Waals surface area contributed by atoms with E-state index in [1.54, 1.807) is 0 Å². The van der Waals surface area contributed by atoms with Crippen LogP contribution < -0.4 is 5.48 Å². The molecule has 1 rings (SSSR count). The predicted octanol–water partition coefficient (Wildman–Crippen LogP) is 2.14. The fourth-order valence-corrected chi connectivity index (χ4v) is 0.934. The van der Waals surface area contributed by atoms with Crippen LogP contribution in [0.4, 0.5) is 4.39 Å². The molecule has 0 atom stereocenters. The Morgan fingerprint density at radius 1 is 1.40 bits per heavy atom. The summed E-state index contributed by atoms with van der Waals surface area (Å²) in [6.07, 6.45) is 0. The maximum absolute atomic E-state index is 12.5. The highest BCUT2D eigenvalue weighted by Crippen LogP contribution is 2.02. The van der Waals surface area contributed by atoms with E-state index < -0.39 is 0 Å². The van der Waals surface area contributed by atoms with Gasteiger partial charge in [-0.05, 0) is 30.2 Å². The second kappa shape index (κ2) is 5.46. The van der Waals surface area contributed by atoms with E-state index in [2.05, 4.69) is 5.48 Å². The summed E-state index contributed by atoms with van der Waals surface area (Å²) in [6, 6.07) is 5.28. The Kier molecular flexibility index (Phi) is 4.24. The zero-order valence-corrected chi connectivity index (χ0v) is 8.79. The molecule has 1 amide bonds. The number of hydroxylamine groups is 1. The van der Waals surface area contributed by atoms with Crippen molar-refractivity contribution in [2.75, 3.05) is 6.61 Å². The lowest BCUT2D eigenvalue weighted by molar-refractivity contribution is 0.0208. The van der Waals surface area contributed by atoms with E-state index in [9.17, 15) is 9.18 Å². The number of hydrogen-bond acceptors (Lipinski definition) is 2. The van der Waals surface area contributed by atoms with E-state index in [0.29, 0.717) is 18.1 Å². The second-order valence-electron chi connectivity index (χ2n) is 3.64. The molecule has 1 aromatic carbocycles. The molecule has 3 nitrogen and oxygen atoms in total. The standard InChI is InChI=1S/C11H14FNO2/c1-8(2)7-15-13-11(14)9-3-5-10(12)6-4-9/h3-6,8H,7H2,1-2H3,(H,13,14). The summed E-state index contributed by atoms with van der Waals surface area (Å²) in [4.78, 5) is 16.3. The largest absolute Gasteiger partial charge is 0.274 e. The van der Waals surface area contributed by atoms with Gasteiger partial charge < -0.3 is 0 Å². The van der Waals surface area contributed by atoms with Gasteiger partial charge in [-0.3, -0.25) is 9.63 Å². The van der Waals surface area contributed by atoms with E-state index in [4.69, 9.17) is 4.84 Å². The summed E-state index contributed by atoms with van der Waals surface area (Å²) in [7, 11) is 0. The van der Waals surface area contributed by atoms with E-state index in [1.165, 1.54) is 24.3 Å². The molecule has 1 N–H and O–H groups in total. The van der Waals surface area contributed by atoms with Gasteiger partial charge in [0.15, 0.2) is 0 Å². The van der Waals surface area contributed by atoms with Crippen LogP contribution in [0.15, 0.2) is 24.3 Å². The first kappa shape index (κ1) is 11.7. The minimum Gasteiger partial charge on any atom is -0.273 e. The Labute approximate surface area is 88.2 Å². The lowest BCUT2D eigenvalue weighted by Crippen LogP contribution is -2.25. The topological polar surface area (TPSA) is 38.3 Å². The van der Waals surface area contributed by atoms with Crippen molar-refractivity contribution in [2.45, 2.75) is 13.8 Å². The maximum atomic E-state index is 12.5. The van der Waals surface area contributed by atoms with Crippen LogP contribution in [-0.4, -0.2) is 12.5 Å². The third kappa shape index (κ3) is 4.08. The zero-order valence-electron chi connectivity index (χ0n) is 8.79. The summed E-state index contributed by atoms with van der Waals surface area (Å²) in [6.45, 7) is 4.40. The highest BCUT2D eigenvalue weighted by molar-refractivity contribution is 5.93. The minimum absolute atomic E-state index is 0.346. The van der Waals surface area contributed by atoms with Crippen molar-refractivity contribution in [3.8, 4) is 0 Å². The third-order valence-corrected chi connectivity index (χ3v) is 1.69. The molecule has 0 spiro atoms. The van der Waals surface area contributed by atoms with Crippen molar-refractivity contribution in [2.24, 2.45) is 5.92 Å². The van der Waals surface area contributed by atoms with Gasteiger partial charge in [0, 0.05) is 5.56 Å². The molecule has 1 aromatic rings. The summed E-state index contributed by atoms with van der Waals surface area (Å²) >= 11 is 0. The monoisotopic (exact) mass is 211 g/mol. The molecular formula is C11H14FNO2. The van der Waals surface area contributed by atoms with Gasteiger partial charge in [0.05, 0.1) is 6.61 Å². The number of nitrogens with one attached hydrogen (secondary N) is 1. The minimum atomic E-state index is -0.366. The molecule has 4 heteroatoms. The van der Waals surface area contributed by atoms with Crippen LogP contribution in [0.25, 0.3) is 0 Å². The SMILES string of the molecule is CC(C)CONC(=O)c1ccc(F)cc1. The molecule has 82 valence electrons. The van der Waals surface area contributed by atoms with E-state index in [0.717, 1.165) is 0 Å². The van der Waals surface area contributed by atoms with Crippen molar-refractivity contribution in [3.05, 3.63) is 35.6 Å². The van der Waals surface area contributed by atoms with Crippen LogP contribution in [0.3, 0.4) is 0 Å². The Hall–Kier alpha value is -1.42. The molecule has 0 bridgehead atoms. The van der Waals surface area contributed by atoms with E-state index in [1.807, 2.05) is 13.8 Å². The van der Waals surface area contributed by atoms with Crippen molar-refractivity contribution >= 4 is 5.91 Å². The smallest absolute Gasteiger partial charge is 0.273 e. The molecule has 0 fully saturated rings. The zero-order chi connectivity index (χ0) is 11.3. The van der Waals surface area contributed by atoms with Gasteiger partial charge in [-0.2, -0.15) is 0 Å². The number of carbonyl (C=O) groups is 1. The van der Waals surface area contributed by atoms with Gasteiger partial charge in [-0.15, -0.1) is 0 Å². The highest BCUT2D eigenvalue weighted by Gasteiger charge is 2.05. The Morgan fingerprint density at radius 3 is 2.53 bits per heavy atom. The maximum Gasteiger partial charge on any atom is 0.274 e. The molecule has 0 unspecified atom stereocenters.